The Morgan fingerprint density at radius 3 is 2.71 bits per heavy atom. The minimum Gasteiger partial charge on any atom is -0.480 e. The van der Waals surface area contributed by atoms with E-state index in [0.717, 1.165) is 33.7 Å². The third-order valence-electron chi connectivity index (χ3n) is 5.57. The Morgan fingerprint density at radius 1 is 0.968 bits per heavy atom. The van der Waals surface area contributed by atoms with Crippen LogP contribution >= 0.6 is 23.2 Å². The quantitative estimate of drug-likeness (QED) is 0.436. The Balaban J connectivity index is 1.63. The van der Waals surface area contributed by atoms with Gasteiger partial charge in [0.25, 0.3) is 0 Å². The summed E-state index contributed by atoms with van der Waals surface area (Å²) in [6.07, 6.45) is 4.74. The summed E-state index contributed by atoms with van der Waals surface area (Å²) in [6, 6.07) is 17.2. The second-order valence-corrected chi connectivity index (χ2v) is 8.15. The Hall–Kier alpha value is -3.35. The number of ether oxygens (including phenoxy) is 1. The second kappa shape index (κ2) is 7.11. The van der Waals surface area contributed by atoms with Crippen LogP contribution < -0.4 is 10.1 Å². The van der Waals surface area contributed by atoms with Crippen molar-refractivity contribution in [3.63, 3.8) is 0 Å². The first kappa shape index (κ1) is 18.4. The maximum Gasteiger partial charge on any atom is 0.226 e. The van der Waals surface area contributed by atoms with E-state index in [0.29, 0.717) is 16.0 Å². The van der Waals surface area contributed by atoms with Crippen LogP contribution in [0.4, 0.5) is 5.95 Å². The molecule has 0 amide bonds. The molecule has 6 nitrogen and oxygen atoms in total. The molecule has 2 aliphatic rings. The van der Waals surface area contributed by atoms with Crippen molar-refractivity contribution >= 4 is 34.8 Å². The predicted molar refractivity (Wildman–Crippen MR) is 119 cm³/mol. The number of hydrogen-bond donors (Lipinski definition) is 1. The molecule has 2 atom stereocenters. The lowest BCUT2D eigenvalue weighted by atomic mass is 9.85. The number of halogens is 2. The number of pyridine rings is 1. The van der Waals surface area contributed by atoms with E-state index in [1.54, 1.807) is 18.6 Å². The molecule has 2 aromatic carbocycles. The Bertz CT molecular complexity index is 1330. The third-order valence-corrected chi connectivity index (χ3v) is 6.31. The van der Waals surface area contributed by atoms with Gasteiger partial charge in [-0.2, -0.15) is 10.1 Å². The summed E-state index contributed by atoms with van der Waals surface area (Å²) in [6.45, 7) is 0. The van der Waals surface area contributed by atoms with Crippen LogP contribution in [0.1, 0.15) is 28.8 Å². The van der Waals surface area contributed by atoms with Crippen molar-refractivity contribution in [3.8, 4) is 5.75 Å². The monoisotopic (exact) mass is 447 g/mol. The highest BCUT2D eigenvalue weighted by atomic mass is 35.5. The molecule has 0 saturated heterocycles. The highest BCUT2D eigenvalue weighted by Crippen LogP contribution is 2.50. The van der Waals surface area contributed by atoms with Crippen molar-refractivity contribution in [1.29, 1.82) is 0 Å². The van der Waals surface area contributed by atoms with E-state index >= 15 is 0 Å². The van der Waals surface area contributed by atoms with Gasteiger partial charge in [0.15, 0.2) is 0 Å². The number of benzene rings is 2. The van der Waals surface area contributed by atoms with Crippen LogP contribution in [0.25, 0.3) is 5.70 Å². The van der Waals surface area contributed by atoms with Gasteiger partial charge in [-0.1, -0.05) is 47.5 Å². The molecule has 1 N–H and O–H groups in total. The lowest BCUT2D eigenvalue weighted by Crippen LogP contribution is -2.32. The summed E-state index contributed by atoms with van der Waals surface area (Å²) >= 11 is 12.6. The van der Waals surface area contributed by atoms with Gasteiger partial charge in [0, 0.05) is 23.5 Å². The highest BCUT2D eigenvalue weighted by Gasteiger charge is 2.41. The molecule has 2 aromatic heterocycles. The van der Waals surface area contributed by atoms with Crippen LogP contribution in [0.2, 0.25) is 10.0 Å². The molecular weight excluding hydrogens is 433 g/mol. The molecule has 0 spiro atoms. The fraction of sp³-hybridized carbons (Fsp3) is 0.0870. The maximum absolute atomic E-state index is 6.54. The number of para-hydroxylation sites is 1. The molecular formula is C23H15Cl2N5O. The fourth-order valence-electron chi connectivity index (χ4n) is 4.23. The molecule has 0 saturated carbocycles. The molecule has 8 heteroatoms. The zero-order chi connectivity index (χ0) is 20.9. The molecule has 0 fully saturated rings. The first-order chi connectivity index (χ1) is 15.2. The molecule has 6 rings (SSSR count). The number of nitrogens with zero attached hydrogens (tertiary/aromatic N) is 4. The minimum atomic E-state index is -0.408. The van der Waals surface area contributed by atoms with Gasteiger partial charge in [0.1, 0.15) is 24.2 Å². The summed E-state index contributed by atoms with van der Waals surface area (Å²) in [7, 11) is 0. The molecule has 0 unspecified atom stereocenters. The van der Waals surface area contributed by atoms with E-state index in [1.807, 2.05) is 59.4 Å². The van der Waals surface area contributed by atoms with Crippen LogP contribution in [-0.2, 0) is 0 Å². The van der Waals surface area contributed by atoms with Crippen LogP contribution in [0, 0.1) is 0 Å². The van der Waals surface area contributed by atoms with Crippen molar-refractivity contribution < 1.29 is 4.74 Å². The third kappa shape index (κ3) is 2.91. The maximum atomic E-state index is 6.54. The SMILES string of the molecule is Clc1ccc([C@@H]2Oc3ccccc3C3=C2[C@H](c2cccnc2)n2ncnc2N3)cc1Cl. The number of hydrogen-bond acceptors (Lipinski definition) is 5. The number of rotatable bonds is 2. The molecule has 2 aliphatic heterocycles. The predicted octanol–water partition coefficient (Wildman–Crippen LogP) is 5.54. The highest BCUT2D eigenvalue weighted by molar-refractivity contribution is 6.42. The van der Waals surface area contributed by atoms with Crippen LogP contribution in [0.3, 0.4) is 0 Å². The van der Waals surface area contributed by atoms with Gasteiger partial charge in [0.2, 0.25) is 5.95 Å². The van der Waals surface area contributed by atoms with Gasteiger partial charge in [0.05, 0.1) is 15.7 Å². The van der Waals surface area contributed by atoms with Crippen molar-refractivity contribution in [2.24, 2.45) is 0 Å². The molecule has 0 aliphatic carbocycles. The summed E-state index contributed by atoms with van der Waals surface area (Å²) < 4.78 is 8.40. The summed E-state index contributed by atoms with van der Waals surface area (Å²) in [5.41, 5.74) is 4.80. The van der Waals surface area contributed by atoms with E-state index < -0.39 is 6.10 Å². The smallest absolute Gasteiger partial charge is 0.226 e. The standard InChI is InChI=1S/C23H15Cl2N5O/c24-16-8-7-13(10-17(16)25)22-19-20(15-5-1-2-6-18(15)31-22)29-23-27-12-28-30(23)21(19)14-4-3-9-26-11-14/h1-12,21-22H,(H,27,28,29)/t21-,22-/m0/s1. The average molecular weight is 448 g/mol. The van der Waals surface area contributed by atoms with Crippen LogP contribution in [0.15, 0.2) is 78.9 Å². The van der Waals surface area contributed by atoms with Crippen molar-refractivity contribution in [2.45, 2.75) is 12.1 Å². The zero-order valence-corrected chi connectivity index (χ0v) is 17.5. The zero-order valence-electron chi connectivity index (χ0n) is 16.0. The summed E-state index contributed by atoms with van der Waals surface area (Å²) in [4.78, 5) is 8.77. The van der Waals surface area contributed by atoms with Gasteiger partial charge in [-0.3, -0.25) is 4.98 Å². The number of nitrogens with one attached hydrogen (secondary N) is 1. The van der Waals surface area contributed by atoms with E-state index in [1.165, 1.54) is 0 Å². The van der Waals surface area contributed by atoms with Gasteiger partial charge >= 0.3 is 0 Å². The van der Waals surface area contributed by atoms with Gasteiger partial charge in [-0.05, 0) is 41.5 Å². The van der Waals surface area contributed by atoms with Crippen molar-refractivity contribution in [2.75, 3.05) is 5.32 Å². The normalized spacial score (nSPS) is 19.0. The topological polar surface area (TPSA) is 64.9 Å². The van der Waals surface area contributed by atoms with E-state index in [-0.39, 0.29) is 6.04 Å². The second-order valence-electron chi connectivity index (χ2n) is 7.34. The van der Waals surface area contributed by atoms with Crippen molar-refractivity contribution in [1.82, 2.24) is 19.7 Å². The summed E-state index contributed by atoms with van der Waals surface area (Å²) in [5.74, 6) is 1.44. The Labute approximate surface area is 188 Å². The molecule has 152 valence electrons. The lowest BCUT2D eigenvalue weighted by molar-refractivity contribution is 0.223. The van der Waals surface area contributed by atoms with Crippen LogP contribution in [-0.4, -0.2) is 19.7 Å². The van der Waals surface area contributed by atoms with E-state index in [9.17, 15) is 0 Å². The Morgan fingerprint density at radius 2 is 1.87 bits per heavy atom. The molecule has 4 aromatic rings. The minimum absolute atomic E-state index is 0.254. The van der Waals surface area contributed by atoms with Gasteiger partial charge in [-0.15, -0.1) is 0 Å². The van der Waals surface area contributed by atoms with Crippen LogP contribution in [0.5, 0.6) is 5.75 Å². The number of fused-ring (bicyclic) bond motifs is 3. The molecule has 0 radical (unpaired) electrons. The largest absolute Gasteiger partial charge is 0.480 e. The lowest BCUT2D eigenvalue weighted by Gasteiger charge is -2.38. The number of anilines is 1. The molecule has 0 bridgehead atoms. The fourth-order valence-corrected chi connectivity index (χ4v) is 4.53. The summed E-state index contributed by atoms with van der Waals surface area (Å²) in [5, 5.41) is 8.95. The van der Waals surface area contributed by atoms with E-state index in [4.69, 9.17) is 27.9 Å². The van der Waals surface area contributed by atoms with E-state index in [2.05, 4.69) is 20.4 Å². The van der Waals surface area contributed by atoms with Gasteiger partial charge < -0.3 is 10.1 Å². The van der Waals surface area contributed by atoms with Crippen molar-refractivity contribution in [3.05, 3.63) is 106 Å². The van der Waals surface area contributed by atoms with Gasteiger partial charge in [-0.25, -0.2) is 4.68 Å². The molecule has 4 heterocycles. The average Bonchev–Trinajstić information content (AvgIpc) is 3.28. The first-order valence-corrected chi connectivity index (χ1v) is 10.5. The first-order valence-electron chi connectivity index (χ1n) is 9.72. The molecule has 31 heavy (non-hydrogen) atoms. The number of aromatic nitrogens is 4. The Kier molecular flexibility index (Phi) is 4.23.